The van der Waals surface area contributed by atoms with E-state index < -0.39 is 14.9 Å². The third-order valence-corrected chi connectivity index (χ3v) is 5.47. The third kappa shape index (κ3) is 2.79. The van der Waals surface area contributed by atoms with Crippen LogP contribution in [0.4, 0.5) is 5.69 Å². The number of sulfonamides is 1. The second-order valence-corrected chi connectivity index (χ2v) is 6.89. The number of hydrogen-bond acceptors (Lipinski definition) is 5. The minimum atomic E-state index is -3.83. The summed E-state index contributed by atoms with van der Waals surface area (Å²) in [5.74, 6) is -0.000761. The minimum absolute atomic E-state index is 0.000761. The van der Waals surface area contributed by atoms with Crippen LogP contribution in [0.2, 0.25) is 0 Å². The lowest BCUT2D eigenvalue weighted by Crippen LogP contribution is -2.12. The van der Waals surface area contributed by atoms with Crippen molar-refractivity contribution in [3.8, 4) is 5.75 Å². The first kappa shape index (κ1) is 13.6. The van der Waals surface area contributed by atoms with E-state index in [0.717, 1.165) is 0 Å². The van der Waals surface area contributed by atoms with E-state index >= 15 is 0 Å². The number of rotatable bonds is 3. The molecule has 1 aromatic carbocycles. The molecule has 1 aromatic heterocycles. The van der Waals surface area contributed by atoms with Gasteiger partial charge in [-0.1, -0.05) is 17.4 Å². The van der Waals surface area contributed by atoms with E-state index in [4.69, 9.17) is 0 Å². The van der Waals surface area contributed by atoms with Gasteiger partial charge in [-0.05, 0) is 25.5 Å². The normalized spacial score (nSPS) is 11.5. The summed E-state index contributed by atoms with van der Waals surface area (Å²) in [6.45, 7) is 3.22. The molecule has 0 aliphatic heterocycles. The first-order valence-electron chi connectivity index (χ1n) is 5.32. The minimum Gasteiger partial charge on any atom is -0.508 e. The van der Waals surface area contributed by atoms with Gasteiger partial charge in [0.05, 0.1) is 5.69 Å². The summed E-state index contributed by atoms with van der Waals surface area (Å²) in [4.78, 5) is 13.1. The molecule has 0 fully saturated rings. The number of thiazole rings is 1. The Morgan fingerprint density at radius 2 is 2.00 bits per heavy atom. The van der Waals surface area contributed by atoms with Gasteiger partial charge in [0, 0.05) is 11.8 Å². The fourth-order valence-corrected chi connectivity index (χ4v) is 3.87. The van der Waals surface area contributed by atoms with Crippen molar-refractivity contribution in [3.63, 3.8) is 0 Å². The molecular formula is C11H12N2O4S2. The molecule has 6 nitrogen and oxygen atoms in total. The van der Waals surface area contributed by atoms with Crippen molar-refractivity contribution in [2.75, 3.05) is 4.72 Å². The lowest BCUT2D eigenvalue weighted by atomic mass is 10.2. The summed E-state index contributed by atoms with van der Waals surface area (Å²) in [6.07, 6.45) is 0. The standard InChI is InChI=1S/C11H12N2O4S2/c1-6-3-4-8(5-9(6)14)13-19(16,17)10-7(2)12-11(15)18-10/h3-5,13-14H,1-2H3,(H,12,15). The molecule has 0 spiro atoms. The fourth-order valence-electron chi connectivity index (χ4n) is 1.52. The van der Waals surface area contributed by atoms with Crippen LogP contribution in [0.25, 0.3) is 0 Å². The fraction of sp³-hybridized carbons (Fsp3) is 0.182. The lowest BCUT2D eigenvalue weighted by molar-refractivity contribution is 0.471. The summed E-state index contributed by atoms with van der Waals surface area (Å²) in [6, 6.07) is 4.45. The zero-order chi connectivity index (χ0) is 14.2. The highest BCUT2D eigenvalue weighted by molar-refractivity contribution is 7.94. The van der Waals surface area contributed by atoms with E-state index in [9.17, 15) is 18.3 Å². The van der Waals surface area contributed by atoms with Gasteiger partial charge in [0.1, 0.15) is 5.75 Å². The number of phenolic OH excluding ortho intramolecular Hbond substituents is 1. The molecule has 0 bridgehead atoms. The number of hydrogen-bond donors (Lipinski definition) is 3. The van der Waals surface area contributed by atoms with Gasteiger partial charge in [0.15, 0.2) is 4.21 Å². The highest BCUT2D eigenvalue weighted by Crippen LogP contribution is 2.24. The second-order valence-electron chi connectivity index (χ2n) is 4.03. The number of aromatic nitrogens is 1. The quantitative estimate of drug-likeness (QED) is 0.801. The molecule has 0 radical (unpaired) electrons. The molecule has 0 saturated carbocycles. The van der Waals surface area contributed by atoms with E-state index in [1.165, 1.54) is 19.1 Å². The van der Waals surface area contributed by atoms with Gasteiger partial charge in [-0.25, -0.2) is 8.42 Å². The lowest BCUT2D eigenvalue weighted by Gasteiger charge is -2.08. The Bertz CT molecular complexity index is 774. The van der Waals surface area contributed by atoms with Crippen molar-refractivity contribution in [1.82, 2.24) is 4.98 Å². The van der Waals surface area contributed by atoms with Gasteiger partial charge in [-0.3, -0.25) is 9.52 Å². The van der Waals surface area contributed by atoms with Crippen molar-refractivity contribution < 1.29 is 13.5 Å². The van der Waals surface area contributed by atoms with E-state index in [1.54, 1.807) is 13.0 Å². The first-order chi connectivity index (χ1) is 8.79. The van der Waals surface area contributed by atoms with Crippen LogP contribution in [0, 0.1) is 13.8 Å². The Hall–Kier alpha value is -1.80. The summed E-state index contributed by atoms with van der Waals surface area (Å²) in [5.41, 5.74) is 1.17. The molecule has 102 valence electrons. The van der Waals surface area contributed by atoms with Crippen molar-refractivity contribution in [2.24, 2.45) is 0 Å². The molecule has 1 heterocycles. The van der Waals surface area contributed by atoms with Gasteiger partial charge >= 0.3 is 4.87 Å². The van der Waals surface area contributed by atoms with Crippen LogP contribution in [0.15, 0.2) is 27.2 Å². The van der Waals surface area contributed by atoms with E-state index in [0.29, 0.717) is 22.6 Å². The van der Waals surface area contributed by atoms with Gasteiger partial charge < -0.3 is 10.1 Å². The Kier molecular flexibility index (Phi) is 3.38. The number of aromatic hydroxyl groups is 1. The van der Waals surface area contributed by atoms with Crippen LogP contribution in [-0.4, -0.2) is 18.5 Å². The number of nitrogens with one attached hydrogen (secondary N) is 2. The predicted octanol–water partition coefficient (Wildman–Crippen LogP) is 1.56. The number of benzene rings is 1. The van der Waals surface area contributed by atoms with Crippen LogP contribution in [0.5, 0.6) is 5.75 Å². The molecule has 2 rings (SSSR count). The second kappa shape index (κ2) is 4.71. The zero-order valence-electron chi connectivity index (χ0n) is 10.2. The average molecular weight is 300 g/mol. The topological polar surface area (TPSA) is 99.3 Å². The van der Waals surface area contributed by atoms with Crippen LogP contribution in [0.3, 0.4) is 0 Å². The maximum atomic E-state index is 12.1. The molecular weight excluding hydrogens is 288 g/mol. The zero-order valence-corrected chi connectivity index (χ0v) is 11.9. The highest BCUT2D eigenvalue weighted by Gasteiger charge is 2.20. The van der Waals surface area contributed by atoms with Crippen molar-refractivity contribution >= 4 is 27.0 Å². The smallest absolute Gasteiger partial charge is 0.306 e. The van der Waals surface area contributed by atoms with Gasteiger partial charge in [-0.15, -0.1) is 0 Å². The number of anilines is 1. The van der Waals surface area contributed by atoms with Crippen LogP contribution < -0.4 is 9.60 Å². The van der Waals surface area contributed by atoms with Gasteiger partial charge in [0.25, 0.3) is 10.0 Å². The molecule has 2 aromatic rings. The average Bonchev–Trinajstić information content (AvgIpc) is 2.63. The van der Waals surface area contributed by atoms with Crippen LogP contribution in [0.1, 0.15) is 11.3 Å². The third-order valence-electron chi connectivity index (χ3n) is 2.49. The number of phenols is 1. The van der Waals surface area contributed by atoms with Crippen molar-refractivity contribution in [2.45, 2.75) is 18.1 Å². The molecule has 0 atom stereocenters. The first-order valence-corrected chi connectivity index (χ1v) is 7.62. The summed E-state index contributed by atoms with van der Waals surface area (Å²) in [5, 5.41) is 9.54. The molecule has 0 aliphatic rings. The van der Waals surface area contributed by atoms with Crippen LogP contribution >= 0.6 is 11.3 Å². The highest BCUT2D eigenvalue weighted by atomic mass is 32.2. The van der Waals surface area contributed by atoms with Gasteiger partial charge in [-0.2, -0.15) is 0 Å². The monoisotopic (exact) mass is 300 g/mol. The Morgan fingerprint density at radius 3 is 2.53 bits per heavy atom. The SMILES string of the molecule is Cc1ccc(NS(=O)(=O)c2sc(=O)[nH]c2C)cc1O. The maximum absolute atomic E-state index is 12.1. The Balaban J connectivity index is 2.39. The molecule has 8 heteroatoms. The van der Waals surface area contributed by atoms with E-state index in [-0.39, 0.29) is 15.6 Å². The molecule has 0 amide bonds. The summed E-state index contributed by atoms with van der Waals surface area (Å²) >= 11 is 0.624. The van der Waals surface area contributed by atoms with E-state index in [2.05, 4.69) is 9.71 Å². The summed E-state index contributed by atoms with van der Waals surface area (Å²) in [7, 11) is -3.83. The largest absolute Gasteiger partial charge is 0.508 e. The molecule has 19 heavy (non-hydrogen) atoms. The maximum Gasteiger partial charge on any atom is 0.306 e. The Morgan fingerprint density at radius 1 is 1.32 bits per heavy atom. The van der Waals surface area contributed by atoms with Crippen LogP contribution in [-0.2, 0) is 10.0 Å². The predicted molar refractivity (Wildman–Crippen MR) is 73.3 cm³/mol. The Labute approximate surface area is 113 Å². The van der Waals surface area contributed by atoms with Crippen molar-refractivity contribution in [1.29, 1.82) is 0 Å². The van der Waals surface area contributed by atoms with Gasteiger partial charge in [0.2, 0.25) is 0 Å². The molecule has 3 N–H and O–H groups in total. The molecule has 0 unspecified atom stereocenters. The number of H-pyrrole nitrogens is 1. The molecule has 0 saturated heterocycles. The number of aryl methyl sites for hydroxylation is 2. The summed E-state index contributed by atoms with van der Waals surface area (Å²) < 4.78 is 26.4. The number of aromatic amines is 1. The van der Waals surface area contributed by atoms with Crippen molar-refractivity contribution in [3.05, 3.63) is 39.1 Å². The molecule has 0 aliphatic carbocycles. The van der Waals surface area contributed by atoms with E-state index in [1.807, 2.05) is 0 Å².